The van der Waals surface area contributed by atoms with Crippen molar-refractivity contribution in [1.29, 1.82) is 0 Å². The maximum Gasteiger partial charge on any atom is 0.242 e. The smallest absolute Gasteiger partial charge is 0.242 e. The molecule has 0 amide bonds. The van der Waals surface area contributed by atoms with Gasteiger partial charge in [-0.3, -0.25) is 0 Å². The van der Waals surface area contributed by atoms with Crippen LogP contribution in [0.25, 0.3) is 0 Å². The number of hydrogen-bond donors (Lipinski definition) is 1. The van der Waals surface area contributed by atoms with Crippen LogP contribution < -0.4 is 10.5 Å². The van der Waals surface area contributed by atoms with Crippen molar-refractivity contribution in [2.24, 2.45) is 0 Å². The molecule has 2 aromatic rings. The Hall–Kier alpha value is -1.45. The van der Waals surface area contributed by atoms with Crippen LogP contribution in [0.1, 0.15) is 5.56 Å². The minimum Gasteiger partial charge on any atom is -0.436 e. The molecule has 17 heavy (non-hydrogen) atoms. The van der Waals surface area contributed by atoms with Crippen LogP contribution in [-0.4, -0.2) is 4.98 Å². The molecule has 0 spiro atoms. The van der Waals surface area contributed by atoms with Gasteiger partial charge in [0.05, 0.1) is 15.7 Å². The number of pyridine rings is 1. The zero-order chi connectivity index (χ0) is 12.4. The van der Waals surface area contributed by atoms with Gasteiger partial charge in [0.2, 0.25) is 5.88 Å². The Kier molecular flexibility index (Phi) is 3.41. The van der Waals surface area contributed by atoms with Crippen molar-refractivity contribution in [3.05, 3.63) is 46.1 Å². The molecule has 0 aliphatic carbocycles. The number of nitrogen functional groups attached to an aromatic ring is 1. The number of benzene rings is 1. The highest BCUT2D eigenvalue weighted by atomic mass is 35.5. The maximum absolute atomic E-state index is 6.04. The summed E-state index contributed by atoms with van der Waals surface area (Å²) in [6, 6.07) is 7.05. The second-order valence-electron chi connectivity index (χ2n) is 3.58. The fourth-order valence-electron chi connectivity index (χ4n) is 1.32. The quantitative estimate of drug-likeness (QED) is 0.893. The number of aromatic nitrogens is 1. The number of halogens is 2. The number of nitrogens with zero attached hydrogens (tertiary/aromatic N) is 1. The first kappa shape index (κ1) is 12.0. The molecule has 1 aromatic heterocycles. The van der Waals surface area contributed by atoms with E-state index < -0.39 is 0 Å². The van der Waals surface area contributed by atoms with Crippen molar-refractivity contribution < 1.29 is 4.74 Å². The molecule has 5 heteroatoms. The molecule has 0 saturated carbocycles. The summed E-state index contributed by atoms with van der Waals surface area (Å²) in [5.41, 5.74) is 7.16. The summed E-state index contributed by atoms with van der Waals surface area (Å²) in [5.74, 6) is 0.805. The van der Waals surface area contributed by atoms with Gasteiger partial charge in [-0.25, -0.2) is 4.98 Å². The average Bonchev–Trinajstić information content (AvgIpc) is 2.25. The molecule has 2 N–H and O–H groups in total. The molecule has 2 rings (SSSR count). The predicted octanol–water partition coefficient (Wildman–Crippen LogP) is 4.07. The first-order chi connectivity index (χ1) is 8.06. The third-order valence-corrected chi connectivity index (χ3v) is 2.64. The Labute approximate surface area is 109 Å². The molecule has 3 nitrogen and oxygen atoms in total. The Morgan fingerprint density at radius 1 is 1.24 bits per heavy atom. The molecule has 0 bridgehead atoms. The monoisotopic (exact) mass is 268 g/mol. The Morgan fingerprint density at radius 3 is 2.65 bits per heavy atom. The predicted molar refractivity (Wildman–Crippen MR) is 69.9 cm³/mol. The van der Waals surface area contributed by atoms with Crippen LogP contribution in [0, 0.1) is 6.92 Å². The zero-order valence-corrected chi connectivity index (χ0v) is 10.6. The summed E-state index contributed by atoms with van der Waals surface area (Å²) < 4.78 is 5.52. The topological polar surface area (TPSA) is 48.1 Å². The van der Waals surface area contributed by atoms with Crippen LogP contribution in [0.5, 0.6) is 11.6 Å². The second-order valence-corrected chi connectivity index (χ2v) is 4.43. The van der Waals surface area contributed by atoms with Gasteiger partial charge in [0.15, 0.2) is 0 Å². The Morgan fingerprint density at radius 2 is 2.00 bits per heavy atom. The van der Waals surface area contributed by atoms with E-state index in [2.05, 4.69) is 4.98 Å². The van der Waals surface area contributed by atoms with Crippen LogP contribution in [0.15, 0.2) is 30.5 Å². The summed E-state index contributed by atoms with van der Waals surface area (Å²) in [7, 11) is 0. The molecule has 0 radical (unpaired) electrons. The van der Waals surface area contributed by atoms with Crippen molar-refractivity contribution >= 4 is 28.9 Å². The van der Waals surface area contributed by atoms with E-state index in [1.165, 1.54) is 6.20 Å². The maximum atomic E-state index is 6.04. The lowest BCUT2D eigenvalue weighted by atomic mass is 10.2. The van der Waals surface area contributed by atoms with E-state index in [4.69, 9.17) is 33.7 Å². The Bertz CT molecular complexity index is 509. The van der Waals surface area contributed by atoms with Gasteiger partial charge < -0.3 is 10.5 Å². The fourth-order valence-corrected chi connectivity index (χ4v) is 1.76. The highest BCUT2D eigenvalue weighted by Gasteiger charge is 2.07. The average molecular weight is 269 g/mol. The normalized spacial score (nSPS) is 10.3. The SMILES string of the molecule is Cc1ccc(Oc2ncc(Cl)cc2N)c(Cl)c1. The first-order valence-corrected chi connectivity index (χ1v) is 5.67. The lowest BCUT2D eigenvalue weighted by Crippen LogP contribution is -1.95. The number of hydrogen-bond acceptors (Lipinski definition) is 3. The van der Waals surface area contributed by atoms with Crippen molar-refractivity contribution in [3.63, 3.8) is 0 Å². The van der Waals surface area contributed by atoms with E-state index in [9.17, 15) is 0 Å². The molecule has 0 saturated heterocycles. The molecule has 1 aromatic carbocycles. The molecule has 0 aliphatic rings. The third-order valence-electron chi connectivity index (χ3n) is 2.14. The van der Waals surface area contributed by atoms with Crippen molar-refractivity contribution in [2.75, 3.05) is 5.73 Å². The molecule has 0 fully saturated rings. The summed E-state index contributed by atoms with van der Waals surface area (Å²) in [4.78, 5) is 4.00. The standard InChI is InChI=1S/C12H10Cl2N2O/c1-7-2-3-11(9(14)4-7)17-12-10(15)5-8(13)6-16-12/h2-6H,15H2,1H3. The zero-order valence-electron chi connectivity index (χ0n) is 9.08. The highest BCUT2D eigenvalue weighted by molar-refractivity contribution is 6.32. The summed E-state index contributed by atoms with van der Waals surface area (Å²) in [5, 5.41) is 0.978. The van der Waals surface area contributed by atoms with Crippen LogP contribution in [0.4, 0.5) is 5.69 Å². The molecule has 1 heterocycles. The van der Waals surface area contributed by atoms with E-state index in [0.717, 1.165) is 5.56 Å². The number of nitrogens with two attached hydrogens (primary N) is 1. The number of anilines is 1. The van der Waals surface area contributed by atoms with Crippen LogP contribution in [0.2, 0.25) is 10.0 Å². The van der Waals surface area contributed by atoms with E-state index in [-0.39, 0.29) is 0 Å². The van der Waals surface area contributed by atoms with Gasteiger partial charge in [0.25, 0.3) is 0 Å². The van der Waals surface area contributed by atoms with Gasteiger partial charge in [-0.1, -0.05) is 29.3 Å². The molecule has 88 valence electrons. The lowest BCUT2D eigenvalue weighted by molar-refractivity contribution is 0.466. The number of ether oxygens (including phenoxy) is 1. The Balaban J connectivity index is 2.31. The molecular weight excluding hydrogens is 259 g/mol. The summed E-state index contributed by atoms with van der Waals surface area (Å²) >= 11 is 11.8. The van der Waals surface area contributed by atoms with Crippen LogP contribution in [-0.2, 0) is 0 Å². The number of aryl methyl sites for hydroxylation is 1. The van der Waals surface area contributed by atoms with Crippen molar-refractivity contribution in [2.45, 2.75) is 6.92 Å². The molecule has 0 atom stereocenters. The first-order valence-electron chi connectivity index (χ1n) is 4.91. The van der Waals surface area contributed by atoms with Gasteiger partial charge in [0.1, 0.15) is 5.75 Å². The van der Waals surface area contributed by atoms with Gasteiger partial charge in [-0.2, -0.15) is 0 Å². The molecular formula is C12H10Cl2N2O. The molecule has 0 aliphatic heterocycles. The second kappa shape index (κ2) is 4.82. The van der Waals surface area contributed by atoms with Gasteiger partial charge in [-0.05, 0) is 30.7 Å². The van der Waals surface area contributed by atoms with E-state index in [1.54, 1.807) is 12.1 Å². The molecule has 0 unspecified atom stereocenters. The highest BCUT2D eigenvalue weighted by Crippen LogP contribution is 2.32. The summed E-state index contributed by atoms with van der Waals surface area (Å²) in [6.45, 7) is 1.95. The fraction of sp³-hybridized carbons (Fsp3) is 0.0833. The third kappa shape index (κ3) is 2.81. The summed E-state index contributed by atoms with van der Waals surface area (Å²) in [6.07, 6.45) is 1.47. The van der Waals surface area contributed by atoms with Crippen molar-refractivity contribution in [1.82, 2.24) is 4.98 Å². The number of rotatable bonds is 2. The minimum absolute atomic E-state index is 0.292. The van der Waals surface area contributed by atoms with E-state index >= 15 is 0 Å². The lowest BCUT2D eigenvalue weighted by Gasteiger charge is -2.09. The van der Waals surface area contributed by atoms with Crippen molar-refractivity contribution in [3.8, 4) is 11.6 Å². The van der Waals surface area contributed by atoms with Gasteiger partial charge in [0, 0.05) is 6.20 Å². The van der Waals surface area contributed by atoms with Crippen LogP contribution >= 0.6 is 23.2 Å². The van der Waals surface area contributed by atoms with Gasteiger partial charge in [-0.15, -0.1) is 0 Å². The van der Waals surface area contributed by atoms with Gasteiger partial charge >= 0.3 is 0 Å². The minimum atomic E-state index is 0.292. The van der Waals surface area contributed by atoms with E-state index in [0.29, 0.717) is 27.4 Å². The van der Waals surface area contributed by atoms with Crippen LogP contribution in [0.3, 0.4) is 0 Å². The van der Waals surface area contributed by atoms with E-state index in [1.807, 2.05) is 19.1 Å². The largest absolute Gasteiger partial charge is 0.436 e.